The van der Waals surface area contributed by atoms with Gasteiger partial charge in [0, 0.05) is 6.07 Å². The number of carbonyl (C=O) groups is 1. The van der Waals surface area contributed by atoms with Gasteiger partial charge in [-0.25, -0.2) is 14.2 Å². The van der Waals surface area contributed by atoms with Crippen LogP contribution in [-0.2, 0) is 9.53 Å². The number of halogens is 1. The average molecular weight is 338 g/mol. The standard InChI is InChI=1S/C18H11FN2O4/c19-14-9-3-2-8-13(14)17-20-15(18(22)25-17)10-5-7-12-6-1-4-11-16(12)21(23)24/h1-11H/b7-5+,15-10-. The molecule has 0 radical (unpaired) electrons. The van der Waals surface area contributed by atoms with Crippen molar-refractivity contribution in [2.24, 2.45) is 4.99 Å². The maximum absolute atomic E-state index is 13.7. The molecule has 0 atom stereocenters. The summed E-state index contributed by atoms with van der Waals surface area (Å²) in [6.45, 7) is 0. The molecule has 0 spiro atoms. The molecular formula is C18H11FN2O4. The number of nitro benzene ring substituents is 1. The summed E-state index contributed by atoms with van der Waals surface area (Å²) in [6, 6.07) is 12.0. The number of nitrogens with zero attached hydrogens (tertiary/aromatic N) is 2. The van der Waals surface area contributed by atoms with Gasteiger partial charge < -0.3 is 4.74 Å². The first-order chi connectivity index (χ1) is 12.1. The molecule has 2 aromatic carbocycles. The first-order valence-electron chi connectivity index (χ1n) is 7.24. The number of rotatable bonds is 4. The van der Waals surface area contributed by atoms with Gasteiger partial charge in [-0.1, -0.05) is 30.3 Å². The van der Waals surface area contributed by atoms with Gasteiger partial charge in [-0.15, -0.1) is 0 Å². The Hall–Kier alpha value is -3.61. The van der Waals surface area contributed by atoms with E-state index >= 15 is 0 Å². The Labute approximate surface area is 141 Å². The molecule has 25 heavy (non-hydrogen) atoms. The van der Waals surface area contributed by atoms with Crippen LogP contribution in [0.1, 0.15) is 11.1 Å². The second-order valence-corrected chi connectivity index (χ2v) is 5.01. The van der Waals surface area contributed by atoms with Gasteiger partial charge in [-0.2, -0.15) is 0 Å². The summed E-state index contributed by atoms with van der Waals surface area (Å²) in [5.74, 6) is -1.38. The van der Waals surface area contributed by atoms with Crippen LogP contribution >= 0.6 is 0 Å². The molecule has 0 bridgehead atoms. The monoisotopic (exact) mass is 338 g/mol. The minimum atomic E-state index is -0.717. The Morgan fingerprint density at radius 1 is 1.12 bits per heavy atom. The molecule has 0 fully saturated rings. The van der Waals surface area contributed by atoms with Crippen molar-refractivity contribution >= 4 is 23.6 Å². The number of hydrogen-bond acceptors (Lipinski definition) is 5. The summed E-state index contributed by atoms with van der Waals surface area (Å²) in [7, 11) is 0. The molecule has 1 heterocycles. The molecule has 1 aliphatic rings. The Morgan fingerprint density at radius 3 is 2.60 bits per heavy atom. The Kier molecular flexibility index (Phi) is 4.47. The number of ether oxygens (including phenoxy) is 1. The molecule has 0 saturated carbocycles. The highest BCUT2D eigenvalue weighted by molar-refractivity contribution is 6.11. The van der Waals surface area contributed by atoms with Crippen molar-refractivity contribution < 1.29 is 18.8 Å². The van der Waals surface area contributed by atoms with Gasteiger partial charge in [0.1, 0.15) is 5.82 Å². The van der Waals surface area contributed by atoms with Crippen LogP contribution in [0, 0.1) is 15.9 Å². The fraction of sp³-hybridized carbons (Fsp3) is 0. The van der Waals surface area contributed by atoms with Crippen LogP contribution in [-0.4, -0.2) is 16.8 Å². The summed E-state index contributed by atoms with van der Waals surface area (Å²) in [6.07, 6.45) is 4.29. The maximum atomic E-state index is 13.7. The van der Waals surface area contributed by atoms with Crippen LogP contribution in [0.4, 0.5) is 10.1 Å². The minimum absolute atomic E-state index is 0.0203. The van der Waals surface area contributed by atoms with E-state index in [0.29, 0.717) is 5.56 Å². The van der Waals surface area contributed by atoms with E-state index in [1.165, 1.54) is 42.5 Å². The van der Waals surface area contributed by atoms with Crippen LogP contribution in [0.25, 0.3) is 6.08 Å². The molecular weight excluding hydrogens is 327 g/mol. The smallest absolute Gasteiger partial charge is 0.363 e. The van der Waals surface area contributed by atoms with Crippen LogP contribution < -0.4 is 0 Å². The Balaban J connectivity index is 1.86. The molecule has 0 aliphatic carbocycles. The van der Waals surface area contributed by atoms with Crippen molar-refractivity contribution in [3.05, 3.63) is 93.4 Å². The number of cyclic esters (lactones) is 1. The summed E-state index contributed by atoms with van der Waals surface area (Å²) >= 11 is 0. The topological polar surface area (TPSA) is 81.8 Å². The normalized spacial score (nSPS) is 15.5. The number of allylic oxidation sites excluding steroid dienone is 2. The average Bonchev–Trinajstić information content (AvgIpc) is 2.96. The number of benzene rings is 2. The first kappa shape index (κ1) is 16.3. The third-order valence-corrected chi connectivity index (χ3v) is 3.39. The third kappa shape index (κ3) is 3.50. The number of esters is 1. The van der Waals surface area contributed by atoms with E-state index in [1.54, 1.807) is 24.3 Å². The molecule has 3 rings (SSSR count). The molecule has 0 unspecified atom stereocenters. The molecule has 0 saturated heterocycles. The van der Waals surface area contributed by atoms with Crippen LogP contribution in [0.3, 0.4) is 0 Å². The van der Waals surface area contributed by atoms with E-state index in [0.717, 1.165) is 0 Å². The maximum Gasteiger partial charge on any atom is 0.363 e. The van der Waals surface area contributed by atoms with Gasteiger partial charge in [-0.05, 0) is 30.4 Å². The molecule has 0 N–H and O–H groups in total. The van der Waals surface area contributed by atoms with Crippen LogP contribution in [0.5, 0.6) is 0 Å². The minimum Gasteiger partial charge on any atom is -0.402 e. The zero-order valence-electron chi connectivity index (χ0n) is 12.8. The van der Waals surface area contributed by atoms with E-state index < -0.39 is 16.7 Å². The highest BCUT2D eigenvalue weighted by Crippen LogP contribution is 2.21. The van der Waals surface area contributed by atoms with Crippen molar-refractivity contribution in [1.29, 1.82) is 0 Å². The highest BCUT2D eigenvalue weighted by atomic mass is 19.1. The SMILES string of the molecule is O=C1OC(c2ccccc2F)=N/C1=C\C=C\c1ccccc1[N+](=O)[O-]. The molecule has 7 heteroatoms. The van der Waals surface area contributed by atoms with Gasteiger partial charge in [-0.3, -0.25) is 10.1 Å². The second kappa shape index (κ2) is 6.88. The van der Waals surface area contributed by atoms with Gasteiger partial charge in [0.05, 0.1) is 16.1 Å². The lowest BCUT2D eigenvalue weighted by Gasteiger charge is -1.99. The summed E-state index contributed by atoms with van der Waals surface area (Å²) < 4.78 is 18.7. The predicted molar refractivity (Wildman–Crippen MR) is 89.2 cm³/mol. The lowest BCUT2D eigenvalue weighted by molar-refractivity contribution is -0.385. The molecule has 0 amide bonds. The van der Waals surface area contributed by atoms with Crippen molar-refractivity contribution in [2.75, 3.05) is 0 Å². The lowest BCUT2D eigenvalue weighted by Crippen LogP contribution is -2.07. The molecule has 0 aromatic heterocycles. The van der Waals surface area contributed by atoms with Crippen LogP contribution in [0.2, 0.25) is 0 Å². The quantitative estimate of drug-likeness (QED) is 0.369. The molecule has 6 nitrogen and oxygen atoms in total. The lowest BCUT2D eigenvalue weighted by atomic mass is 10.1. The molecule has 2 aromatic rings. The number of hydrogen-bond donors (Lipinski definition) is 0. The summed E-state index contributed by atoms with van der Waals surface area (Å²) in [5.41, 5.74) is 0.394. The Bertz CT molecular complexity index is 948. The number of para-hydroxylation sites is 1. The molecule has 124 valence electrons. The van der Waals surface area contributed by atoms with Gasteiger partial charge in [0.25, 0.3) is 5.69 Å². The Morgan fingerprint density at radius 2 is 1.84 bits per heavy atom. The van der Waals surface area contributed by atoms with Gasteiger partial charge >= 0.3 is 5.97 Å². The zero-order valence-corrected chi connectivity index (χ0v) is 12.8. The van der Waals surface area contributed by atoms with Gasteiger partial charge in [0.2, 0.25) is 5.90 Å². The number of aliphatic imine (C=N–C) groups is 1. The molecule has 1 aliphatic heterocycles. The number of nitro groups is 1. The first-order valence-corrected chi connectivity index (χ1v) is 7.24. The fourth-order valence-electron chi connectivity index (χ4n) is 2.21. The van der Waals surface area contributed by atoms with E-state index in [2.05, 4.69) is 4.99 Å². The largest absolute Gasteiger partial charge is 0.402 e. The van der Waals surface area contributed by atoms with E-state index in [1.807, 2.05) is 0 Å². The number of carbonyl (C=O) groups excluding carboxylic acids is 1. The van der Waals surface area contributed by atoms with Crippen molar-refractivity contribution in [2.45, 2.75) is 0 Å². The van der Waals surface area contributed by atoms with Crippen molar-refractivity contribution in [3.63, 3.8) is 0 Å². The van der Waals surface area contributed by atoms with E-state index in [4.69, 9.17) is 4.74 Å². The van der Waals surface area contributed by atoms with Crippen LogP contribution in [0.15, 0.2) is 71.4 Å². The van der Waals surface area contributed by atoms with Crippen molar-refractivity contribution in [3.8, 4) is 0 Å². The predicted octanol–water partition coefficient (Wildman–Crippen LogP) is 3.63. The zero-order chi connectivity index (χ0) is 17.8. The third-order valence-electron chi connectivity index (χ3n) is 3.39. The second-order valence-electron chi connectivity index (χ2n) is 5.01. The van der Waals surface area contributed by atoms with Crippen molar-refractivity contribution in [1.82, 2.24) is 0 Å². The van der Waals surface area contributed by atoms with Gasteiger partial charge in [0.15, 0.2) is 5.70 Å². The fourth-order valence-corrected chi connectivity index (χ4v) is 2.21. The summed E-state index contributed by atoms with van der Waals surface area (Å²) in [5, 5.41) is 10.9. The highest BCUT2D eigenvalue weighted by Gasteiger charge is 2.25. The van der Waals surface area contributed by atoms with E-state index in [9.17, 15) is 19.3 Å². The summed E-state index contributed by atoms with van der Waals surface area (Å²) in [4.78, 5) is 26.2. The van der Waals surface area contributed by atoms with E-state index in [-0.39, 0.29) is 22.8 Å².